The van der Waals surface area contributed by atoms with E-state index in [1.807, 2.05) is 45.9 Å². The van der Waals surface area contributed by atoms with Crippen molar-refractivity contribution in [1.82, 2.24) is 9.97 Å². The lowest BCUT2D eigenvalue weighted by atomic mass is 9.79. The number of aliphatic hydroxyl groups is 1. The molecule has 1 aliphatic carbocycles. The van der Waals surface area contributed by atoms with Crippen molar-refractivity contribution in [2.45, 2.75) is 98.8 Å². The van der Waals surface area contributed by atoms with Crippen LogP contribution in [0.15, 0.2) is 47.0 Å². The Morgan fingerprint density at radius 3 is 2.50 bits per heavy atom. The van der Waals surface area contributed by atoms with Crippen molar-refractivity contribution in [1.29, 1.82) is 0 Å². The zero-order valence-electron chi connectivity index (χ0n) is 33.3. The first-order valence-electron chi connectivity index (χ1n) is 19.1. The van der Waals surface area contributed by atoms with Crippen LogP contribution in [0.2, 0.25) is 0 Å². The summed E-state index contributed by atoms with van der Waals surface area (Å²) in [6.07, 6.45) is 11.6. The number of allylic oxidation sites excluding steroid dienone is 4. The van der Waals surface area contributed by atoms with Crippen molar-refractivity contribution < 1.29 is 43.5 Å². The Kier molecular flexibility index (Phi) is 11.3. The fourth-order valence-corrected chi connectivity index (χ4v) is 8.16. The normalized spacial score (nSPS) is 30.6. The van der Waals surface area contributed by atoms with E-state index in [4.69, 9.17) is 23.9 Å². The molecule has 2 aliphatic heterocycles. The first-order chi connectivity index (χ1) is 26.5. The van der Waals surface area contributed by atoms with E-state index in [0.717, 1.165) is 12.1 Å². The zero-order chi connectivity index (χ0) is 40.8. The summed E-state index contributed by atoms with van der Waals surface area (Å²) in [6.45, 7) is 13.5. The van der Waals surface area contributed by atoms with Crippen LogP contribution < -0.4 is 15.5 Å². The molecule has 298 valence electrons. The molecule has 4 bridgehead atoms. The van der Waals surface area contributed by atoms with E-state index in [9.17, 15) is 29.4 Å². The number of carbonyl (C=O) groups is 3. The van der Waals surface area contributed by atoms with Crippen LogP contribution in [0.5, 0.6) is 11.5 Å². The van der Waals surface area contributed by atoms with Gasteiger partial charge in [0.05, 0.1) is 46.1 Å². The lowest BCUT2D eigenvalue weighted by Crippen LogP contribution is -2.44. The maximum Gasteiger partial charge on any atom is 0.312 e. The van der Waals surface area contributed by atoms with Crippen LogP contribution in [0.1, 0.15) is 88.6 Å². The summed E-state index contributed by atoms with van der Waals surface area (Å²) in [5.74, 6) is -5.32. The molecule has 0 unspecified atom stereocenters. The zero-order valence-corrected chi connectivity index (χ0v) is 33.3. The number of aromatic amines is 1. The molecule has 0 fully saturated rings. The van der Waals surface area contributed by atoms with Gasteiger partial charge in [-0.2, -0.15) is 0 Å². The number of rotatable bonds is 2. The van der Waals surface area contributed by atoms with Crippen LogP contribution >= 0.6 is 0 Å². The number of phenolic OH excluding ortho intramolecular Hbond substituents is 1. The number of benzene rings is 2. The predicted octanol–water partition coefficient (Wildman–Crippen LogP) is 6.57. The second-order valence-electron chi connectivity index (χ2n) is 15.6. The number of nitrogens with one attached hydrogen (secondary N) is 2. The lowest BCUT2D eigenvalue weighted by Gasteiger charge is -2.36. The van der Waals surface area contributed by atoms with Gasteiger partial charge in [-0.1, -0.05) is 52.0 Å². The minimum atomic E-state index is -1.95. The van der Waals surface area contributed by atoms with Gasteiger partial charge in [0.1, 0.15) is 17.5 Å². The Morgan fingerprint density at radius 2 is 1.80 bits per heavy atom. The van der Waals surface area contributed by atoms with Crippen LogP contribution in [0.3, 0.4) is 0 Å². The Labute approximate surface area is 325 Å². The van der Waals surface area contributed by atoms with E-state index in [0.29, 0.717) is 24.1 Å². The summed E-state index contributed by atoms with van der Waals surface area (Å²) in [5, 5.41) is 26.1. The number of aryl methyl sites for hydroxylation is 1. The number of Topliss-reactive ketones (excluding diaryl/α,β-unsaturated/α-hetero) is 1. The quantitative estimate of drug-likeness (QED) is 0.126. The molecule has 1 amide bonds. The molecule has 3 aliphatic rings. The number of hydrogen-bond acceptors (Lipinski definition) is 11. The molecule has 3 aromatic rings. The first-order valence-corrected chi connectivity index (χ1v) is 19.1. The topological polar surface area (TPSA) is 186 Å². The van der Waals surface area contributed by atoms with Crippen molar-refractivity contribution in [3.05, 3.63) is 75.0 Å². The van der Waals surface area contributed by atoms with Crippen molar-refractivity contribution in [3.8, 4) is 11.5 Å². The van der Waals surface area contributed by atoms with Gasteiger partial charge in [0.2, 0.25) is 0 Å². The van der Waals surface area contributed by atoms with E-state index in [-0.39, 0.29) is 56.2 Å². The minimum Gasteiger partial charge on any atom is -0.505 e. The average molecular weight is 770 g/mol. The number of fused-ring (bicyclic) bond motifs is 2. The summed E-state index contributed by atoms with van der Waals surface area (Å²) >= 11 is 0. The Bertz CT molecular complexity index is 2290. The monoisotopic (exact) mass is 769 g/mol. The molecule has 0 saturated carbocycles. The maximum atomic E-state index is 14.5. The van der Waals surface area contributed by atoms with Gasteiger partial charge in [-0.15, -0.1) is 0 Å². The number of aromatic hydroxyl groups is 1. The van der Waals surface area contributed by atoms with E-state index < -0.39 is 64.8 Å². The first kappa shape index (κ1) is 40.4. The Morgan fingerprint density at radius 1 is 1.07 bits per heavy atom. The van der Waals surface area contributed by atoms with E-state index >= 15 is 0 Å². The van der Waals surface area contributed by atoms with Gasteiger partial charge < -0.3 is 39.5 Å². The van der Waals surface area contributed by atoms with Crippen LogP contribution in [-0.2, 0) is 30.2 Å². The number of methoxy groups -OCH3 is 1. The third-order valence-corrected chi connectivity index (χ3v) is 11.4. The number of ether oxygens (including phenoxy) is 4. The Balaban J connectivity index is 1.56. The highest BCUT2D eigenvalue weighted by molar-refractivity contribution is 6.26. The number of nitrogens with zero attached hydrogens (tertiary/aromatic N) is 1. The van der Waals surface area contributed by atoms with Gasteiger partial charge in [0.25, 0.3) is 11.7 Å². The highest BCUT2D eigenvalue weighted by atomic mass is 16.7. The predicted molar refractivity (Wildman–Crippen MR) is 212 cm³/mol. The molecule has 56 heavy (non-hydrogen) atoms. The molecule has 8 atom stereocenters. The number of esters is 1. The van der Waals surface area contributed by atoms with E-state index in [2.05, 4.69) is 10.3 Å². The highest BCUT2D eigenvalue weighted by Crippen LogP contribution is 2.48. The molecule has 0 spiro atoms. The van der Waals surface area contributed by atoms with Crippen molar-refractivity contribution in [3.63, 3.8) is 0 Å². The molecule has 2 aromatic carbocycles. The summed E-state index contributed by atoms with van der Waals surface area (Å²) in [5.41, 5.74) is 1.48. The van der Waals surface area contributed by atoms with Crippen LogP contribution in [0.25, 0.3) is 27.9 Å². The van der Waals surface area contributed by atoms with Crippen molar-refractivity contribution in [2.24, 2.45) is 23.7 Å². The number of carbonyl (C=O) groups excluding carboxylic acids is 3. The summed E-state index contributed by atoms with van der Waals surface area (Å²) in [7, 11) is 1.49. The minimum absolute atomic E-state index is 0.000111. The van der Waals surface area contributed by atoms with Crippen molar-refractivity contribution >= 4 is 51.2 Å². The number of aromatic nitrogens is 2. The summed E-state index contributed by atoms with van der Waals surface area (Å²) < 4.78 is 23.9. The summed E-state index contributed by atoms with van der Waals surface area (Å²) in [4.78, 5) is 63.0. The molecule has 6 rings (SSSR count). The summed E-state index contributed by atoms with van der Waals surface area (Å²) in [6, 6.07) is 0. The number of anilines is 1. The molecule has 0 radical (unpaired) electrons. The third-order valence-electron chi connectivity index (χ3n) is 11.4. The average Bonchev–Trinajstić information content (AvgIpc) is 3.42. The maximum absolute atomic E-state index is 14.5. The van der Waals surface area contributed by atoms with Crippen LogP contribution in [-0.4, -0.2) is 69.0 Å². The van der Waals surface area contributed by atoms with Crippen LogP contribution in [0.4, 0.5) is 5.69 Å². The van der Waals surface area contributed by atoms with E-state index in [1.165, 1.54) is 34.1 Å². The standard InChI is InChI=1S/C43H51N3O10/c1-20-13-12-14-21(2)42(52)46-35-34-33(44-27-15-10-11-16-28(27)45-34)30-31(38(35)50)37(49)25(6)40-32(30)41(51)43(8,56-40)54-18-17-29(53-9)23(4)39(55-26(7)47)24(5)36(48)22(3)19-20/h10,12-15,17-18,20,22-24,29,36,39,45,48,50H,11,16,19H2,1-9H3,(H,46,52)/b13-12+,18-17+,21-14-/t20-,22+,23+,24+,29-,36+,39+,43-/m0/s1. The number of aliphatic hydroxyl groups excluding tert-OH is 1. The number of hydrogen-bond donors (Lipinski definition) is 4. The molecular formula is C43H51N3O10. The number of amides is 1. The van der Waals surface area contributed by atoms with E-state index in [1.54, 1.807) is 25.2 Å². The molecule has 4 N–H and O–H groups in total. The molecular weight excluding hydrogens is 718 g/mol. The number of ketones is 1. The fraction of sp³-hybridized carbons (Fsp3) is 0.465. The lowest BCUT2D eigenvalue weighted by molar-refractivity contribution is -0.159. The third kappa shape index (κ3) is 7.25. The highest BCUT2D eigenvalue weighted by Gasteiger charge is 2.49. The SMILES string of the molecule is CO[C@H]1/C=C/O[C@@]2(C)Oc3c(C)c(=O)c4c(O)c(c5[nH]c6c(nc5c4c3C2=O)C=CCC6)NC(=O)/C(C)=C\C=C\[C@H](C)C[C@@H](C)[C@@H](O)[C@@H](C)[C@H](OC(C)=O)[C@@H]1C. The number of H-pyrrole nitrogens is 1. The van der Waals surface area contributed by atoms with Crippen LogP contribution in [0, 0.1) is 30.6 Å². The van der Waals surface area contributed by atoms with Gasteiger partial charge in [-0.3, -0.25) is 19.2 Å². The van der Waals surface area contributed by atoms with Gasteiger partial charge in [0, 0.05) is 55.0 Å². The number of phenols is 1. The Hall–Kier alpha value is -5.27. The van der Waals surface area contributed by atoms with Gasteiger partial charge in [-0.25, -0.2) is 4.98 Å². The van der Waals surface area contributed by atoms with Gasteiger partial charge >= 0.3 is 11.8 Å². The molecule has 13 nitrogen and oxygen atoms in total. The van der Waals surface area contributed by atoms with Crippen molar-refractivity contribution in [2.75, 3.05) is 12.4 Å². The van der Waals surface area contributed by atoms with Gasteiger partial charge in [0.15, 0.2) is 11.2 Å². The molecule has 0 saturated heterocycles. The largest absolute Gasteiger partial charge is 0.505 e. The second kappa shape index (κ2) is 15.7. The second-order valence-corrected chi connectivity index (χ2v) is 15.6. The molecule has 3 heterocycles. The molecule has 1 aromatic heterocycles. The van der Waals surface area contributed by atoms with Gasteiger partial charge in [-0.05, 0) is 57.1 Å². The fourth-order valence-electron chi connectivity index (χ4n) is 8.16. The molecule has 13 heteroatoms. The smallest absolute Gasteiger partial charge is 0.312 e.